The molecule has 0 aliphatic heterocycles. The first-order chi connectivity index (χ1) is 13.0. The third-order valence-corrected chi connectivity index (χ3v) is 4.11. The molecule has 0 heterocycles. The van der Waals surface area contributed by atoms with E-state index in [1.807, 2.05) is 18.4 Å². The molecule has 0 aromatic rings. The van der Waals surface area contributed by atoms with Crippen molar-refractivity contribution < 1.29 is 14.6 Å². The van der Waals surface area contributed by atoms with Gasteiger partial charge in [-0.05, 0) is 44.3 Å². The molecule has 0 N–H and O–H groups in total. The quantitative estimate of drug-likeness (QED) is 0.140. The minimum absolute atomic E-state index is 0.0137. The van der Waals surface area contributed by atoms with Crippen LogP contribution in [0.1, 0.15) is 84.0 Å². The van der Waals surface area contributed by atoms with Gasteiger partial charge in [0.25, 0.3) is 0 Å². The van der Waals surface area contributed by atoms with Gasteiger partial charge in [-0.3, -0.25) is 25.0 Å². The summed E-state index contributed by atoms with van der Waals surface area (Å²) in [6, 6.07) is 0. The molecule has 151 valence electrons. The van der Waals surface area contributed by atoms with Gasteiger partial charge in [-0.2, -0.15) is 0 Å². The summed E-state index contributed by atoms with van der Waals surface area (Å²) in [4.78, 5) is 31.4. The van der Waals surface area contributed by atoms with E-state index in [-0.39, 0.29) is 24.2 Å². The fraction of sp³-hybridized carbons (Fsp3) is 0.650. The second kappa shape index (κ2) is 17.1. The highest BCUT2D eigenvalue weighted by atomic mass is 16.6. The van der Waals surface area contributed by atoms with Gasteiger partial charge in [-0.25, -0.2) is 0 Å². The van der Waals surface area contributed by atoms with E-state index in [1.165, 1.54) is 18.6 Å². The topological polar surface area (TPSA) is 103 Å². The number of hydrogen-bond acceptors (Lipinski definition) is 5. The Bertz CT molecular complexity index is 538. The molecule has 0 bridgehead atoms. The van der Waals surface area contributed by atoms with Crippen molar-refractivity contribution in [3.63, 3.8) is 0 Å². The van der Waals surface area contributed by atoms with E-state index >= 15 is 0 Å². The van der Waals surface area contributed by atoms with E-state index in [2.05, 4.69) is 6.92 Å². The summed E-state index contributed by atoms with van der Waals surface area (Å²) in [5.74, 6) is 0. The van der Waals surface area contributed by atoms with Crippen molar-refractivity contribution >= 4 is 6.29 Å². The lowest BCUT2D eigenvalue weighted by atomic mass is 10.1. The van der Waals surface area contributed by atoms with Gasteiger partial charge in [-0.15, -0.1) is 0 Å². The number of hydrogen-bond donors (Lipinski definition) is 0. The number of nitro groups is 2. The Morgan fingerprint density at radius 2 is 1.59 bits per heavy atom. The van der Waals surface area contributed by atoms with Crippen molar-refractivity contribution in [1.29, 1.82) is 0 Å². The molecule has 0 saturated heterocycles. The molecule has 0 aromatic heterocycles. The Morgan fingerprint density at radius 1 is 0.889 bits per heavy atom. The maximum Gasteiger partial charge on any atom is 0.246 e. The second-order valence-electron chi connectivity index (χ2n) is 6.37. The Balaban J connectivity index is 4.51. The average molecular weight is 379 g/mol. The summed E-state index contributed by atoms with van der Waals surface area (Å²) in [7, 11) is 0. The molecule has 7 nitrogen and oxygen atoms in total. The van der Waals surface area contributed by atoms with Crippen LogP contribution in [0.15, 0.2) is 35.7 Å². The SMILES string of the molecule is CCCCC/C=C/C/C=C(/C/C=C(/CCCCCC[C]=O)[N+](=O)[O-])[N+](=O)[O-]. The highest BCUT2D eigenvalue weighted by Crippen LogP contribution is 2.15. The van der Waals surface area contributed by atoms with Crippen LogP contribution in [-0.2, 0) is 4.79 Å². The molecule has 0 rings (SSSR count). The van der Waals surface area contributed by atoms with Crippen molar-refractivity contribution in [3.8, 4) is 0 Å². The van der Waals surface area contributed by atoms with E-state index in [1.54, 1.807) is 0 Å². The molecule has 0 aliphatic carbocycles. The normalized spacial score (nSPS) is 12.5. The number of unbranched alkanes of at least 4 members (excludes halogenated alkanes) is 7. The minimum Gasteiger partial charge on any atom is -0.291 e. The van der Waals surface area contributed by atoms with Crippen LogP contribution in [-0.4, -0.2) is 16.1 Å². The van der Waals surface area contributed by atoms with Gasteiger partial charge in [0.2, 0.25) is 11.4 Å². The van der Waals surface area contributed by atoms with Crippen molar-refractivity contribution in [2.75, 3.05) is 0 Å². The molecular formula is C20H31N2O5. The molecule has 0 amide bonds. The monoisotopic (exact) mass is 379 g/mol. The standard InChI is InChI=1S/C20H31N2O5/c1-2-3-4-5-6-8-11-14-19(21(24)25)16-17-20(22(26)27)15-12-9-7-10-13-18-23/h6,8,14,17H,2-5,7,9-13,15-16H2,1H3/b8-6+,19-14-,20-17-. The summed E-state index contributed by atoms with van der Waals surface area (Å²) in [6.45, 7) is 2.13. The number of nitrogens with zero attached hydrogens (tertiary/aromatic N) is 2. The van der Waals surface area contributed by atoms with Crippen molar-refractivity contribution in [1.82, 2.24) is 0 Å². The fourth-order valence-corrected chi connectivity index (χ4v) is 2.51. The maximum absolute atomic E-state index is 11.1. The van der Waals surface area contributed by atoms with E-state index in [9.17, 15) is 25.0 Å². The van der Waals surface area contributed by atoms with Crippen LogP contribution >= 0.6 is 0 Å². The predicted octanol–water partition coefficient (Wildman–Crippen LogP) is 5.67. The smallest absolute Gasteiger partial charge is 0.246 e. The van der Waals surface area contributed by atoms with Crippen LogP contribution in [0.4, 0.5) is 0 Å². The molecule has 0 unspecified atom stereocenters. The van der Waals surface area contributed by atoms with Crippen LogP contribution in [0.5, 0.6) is 0 Å². The molecule has 0 atom stereocenters. The maximum atomic E-state index is 11.1. The Labute approximate surface area is 161 Å². The zero-order valence-electron chi connectivity index (χ0n) is 16.2. The van der Waals surface area contributed by atoms with Gasteiger partial charge in [0.05, 0.1) is 16.3 Å². The molecule has 0 fully saturated rings. The lowest BCUT2D eigenvalue weighted by Crippen LogP contribution is -2.02. The summed E-state index contributed by atoms with van der Waals surface area (Å²) in [5.41, 5.74) is -0.00566. The Morgan fingerprint density at radius 3 is 2.22 bits per heavy atom. The average Bonchev–Trinajstić information content (AvgIpc) is 2.63. The largest absolute Gasteiger partial charge is 0.291 e. The first kappa shape index (κ1) is 24.7. The second-order valence-corrected chi connectivity index (χ2v) is 6.37. The molecule has 27 heavy (non-hydrogen) atoms. The fourth-order valence-electron chi connectivity index (χ4n) is 2.51. The number of rotatable bonds is 17. The minimum atomic E-state index is -0.477. The molecular weight excluding hydrogens is 348 g/mol. The van der Waals surface area contributed by atoms with Crippen molar-refractivity contribution in [3.05, 3.63) is 55.9 Å². The van der Waals surface area contributed by atoms with Gasteiger partial charge < -0.3 is 0 Å². The summed E-state index contributed by atoms with van der Waals surface area (Å²) in [6.07, 6.45) is 17.0. The van der Waals surface area contributed by atoms with Crippen LogP contribution in [0.25, 0.3) is 0 Å². The summed E-state index contributed by atoms with van der Waals surface area (Å²) < 4.78 is 0. The van der Waals surface area contributed by atoms with Crippen LogP contribution < -0.4 is 0 Å². The first-order valence-corrected chi connectivity index (χ1v) is 9.69. The summed E-state index contributed by atoms with van der Waals surface area (Å²) >= 11 is 0. The first-order valence-electron chi connectivity index (χ1n) is 9.69. The predicted molar refractivity (Wildman–Crippen MR) is 106 cm³/mol. The number of carbonyl (C=O) groups excluding carboxylic acids is 1. The van der Waals surface area contributed by atoms with Gasteiger partial charge in [0.15, 0.2) is 6.29 Å². The van der Waals surface area contributed by atoms with Gasteiger partial charge in [0.1, 0.15) is 0 Å². The molecule has 0 saturated carbocycles. The molecule has 0 spiro atoms. The number of allylic oxidation sites excluding steroid dienone is 5. The van der Waals surface area contributed by atoms with Crippen molar-refractivity contribution in [2.24, 2.45) is 0 Å². The molecule has 1 radical (unpaired) electrons. The molecule has 0 aromatic carbocycles. The molecule has 7 heteroatoms. The Kier molecular flexibility index (Phi) is 15.7. The van der Waals surface area contributed by atoms with E-state index in [0.29, 0.717) is 19.3 Å². The van der Waals surface area contributed by atoms with Crippen molar-refractivity contribution in [2.45, 2.75) is 84.0 Å². The lowest BCUT2D eigenvalue weighted by Gasteiger charge is -2.00. The highest BCUT2D eigenvalue weighted by Gasteiger charge is 2.14. The van der Waals surface area contributed by atoms with E-state index in [0.717, 1.165) is 38.5 Å². The van der Waals surface area contributed by atoms with Gasteiger partial charge >= 0.3 is 0 Å². The summed E-state index contributed by atoms with van der Waals surface area (Å²) in [5, 5.41) is 22.2. The third kappa shape index (κ3) is 14.5. The zero-order valence-corrected chi connectivity index (χ0v) is 16.2. The zero-order chi connectivity index (χ0) is 20.3. The molecule has 0 aliphatic rings. The Hall–Kier alpha value is -2.31. The third-order valence-electron chi connectivity index (χ3n) is 4.11. The van der Waals surface area contributed by atoms with E-state index < -0.39 is 9.85 Å². The highest BCUT2D eigenvalue weighted by molar-refractivity contribution is 5.50. The van der Waals surface area contributed by atoms with E-state index in [4.69, 9.17) is 0 Å². The lowest BCUT2D eigenvalue weighted by molar-refractivity contribution is -0.432. The van der Waals surface area contributed by atoms with Gasteiger partial charge in [-0.1, -0.05) is 44.8 Å². The van der Waals surface area contributed by atoms with Crippen LogP contribution in [0.2, 0.25) is 0 Å². The van der Waals surface area contributed by atoms with Crippen LogP contribution in [0.3, 0.4) is 0 Å². The van der Waals surface area contributed by atoms with Crippen LogP contribution in [0, 0.1) is 20.2 Å². The van der Waals surface area contributed by atoms with Gasteiger partial charge in [0, 0.05) is 12.8 Å².